The lowest BCUT2D eigenvalue weighted by Crippen LogP contribution is -2.32. The summed E-state index contributed by atoms with van der Waals surface area (Å²) in [4.78, 5) is 23.5. The molecule has 0 spiro atoms. The molecule has 128 valence electrons. The zero-order chi connectivity index (χ0) is 17.6. The predicted molar refractivity (Wildman–Crippen MR) is 89.1 cm³/mol. The molecule has 0 aliphatic rings. The monoisotopic (exact) mass is 321 g/mol. The number of methoxy groups -OCH3 is 1. The Kier molecular flexibility index (Phi) is 6.61. The van der Waals surface area contributed by atoms with Gasteiger partial charge in [0.25, 0.3) is 0 Å². The first-order valence-electron chi connectivity index (χ1n) is 7.77. The number of rotatable bonds is 5. The van der Waals surface area contributed by atoms with Crippen LogP contribution in [0.5, 0.6) is 0 Å². The molecule has 1 amide bonds. The van der Waals surface area contributed by atoms with E-state index in [0.717, 1.165) is 11.1 Å². The van der Waals surface area contributed by atoms with Gasteiger partial charge in [-0.1, -0.05) is 38.1 Å². The van der Waals surface area contributed by atoms with Crippen LogP contribution < -0.4 is 5.32 Å². The summed E-state index contributed by atoms with van der Waals surface area (Å²) in [6.45, 7) is 9.81. The Hall–Kier alpha value is -2.04. The highest BCUT2D eigenvalue weighted by Crippen LogP contribution is 2.26. The Morgan fingerprint density at radius 1 is 1.13 bits per heavy atom. The van der Waals surface area contributed by atoms with E-state index < -0.39 is 11.7 Å². The smallest absolute Gasteiger partial charge is 0.407 e. The molecule has 1 aromatic rings. The molecule has 5 nitrogen and oxygen atoms in total. The SMILES string of the molecule is COC(=O)C(c1ccc(CNC(=O)OC(C)(C)C)cc1)C(C)C. The number of amides is 1. The quantitative estimate of drug-likeness (QED) is 0.841. The third-order valence-corrected chi connectivity index (χ3v) is 3.30. The number of benzene rings is 1. The molecule has 1 atom stereocenters. The highest BCUT2D eigenvalue weighted by atomic mass is 16.6. The van der Waals surface area contributed by atoms with Gasteiger partial charge >= 0.3 is 12.1 Å². The zero-order valence-electron chi connectivity index (χ0n) is 14.8. The van der Waals surface area contributed by atoms with Crippen LogP contribution >= 0.6 is 0 Å². The fourth-order valence-electron chi connectivity index (χ4n) is 2.25. The van der Waals surface area contributed by atoms with Crippen molar-refractivity contribution in [1.82, 2.24) is 5.32 Å². The van der Waals surface area contributed by atoms with Gasteiger partial charge in [0.15, 0.2) is 0 Å². The topological polar surface area (TPSA) is 64.6 Å². The second-order valence-electron chi connectivity index (χ2n) is 6.84. The second kappa shape index (κ2) is 7.99. The molecule has 1 rings (SSSR count). The summed E-state index contributed by atoms with van der Waals surface area (Å²) in [6.07, 6.45) is -0.448. The van der Waals surface area contributed by atoms with Gasteiger partial charge in [-0.25, -0.2) is 4.79 Å². The van der Waals surface area contributed by atoms with E-state index in [0.29, 0.717) is 6.54 Å². The van der Waals surface area contributed by atoms with Crippen LogP contribution in [0.3, 0.4) is 0 Å². The molecule has 0 fully saturated rings. The van der Waals surface area contributed by atoms with E-state index in [9.17, 15) is 9.59 Å². The summed E-state index contributed by atoms with van der Waals surface area (Å²) in [5, 5.41) is 2.71. The standard InChI is InChI=1S/C18H27NO4/c1-12(2)15(16(20)22-6)14-9-7-13(8-10-14)11-19-17(21)23-18(3,4)5/h7-10,12,15H,11H2,1-6H3,(H,19,21). The van der Waals surface area contributed by atoms with Crippen LogP contribution in [-0.4, -0.2) is 24.8 Å². The summed E-state index contributed by atoms with van der Waals surface area (Å²) in [6, 6.07) is 7.58. The first kappa shape index (κ1) is 19.0. The summed E-state index contributed by atoms with van der Waals surface area (Å²) in [5.41, 5.74) is 1.33. The number of alkyl carbamates (subject to hydrolysis) is 1. The number of esters is 1. The second-order valence-corrected chi connectivity index (χ2v) is 6.84. The van der Waals surface area contributed by atoms with Crippen LogP contribution in [0.1, 0.15) is 51.7 Å². The zero-order valence-corrected chi connectivity index (χ0v) is 14.8. The van der Waals surface area contributed by atoms with E-state index >= 15 is 0 Å². The van der Waals surface area contributed by atoms with Crippen LogP contribution in [0.2, 0.25) is 0 Å². The van der Waals surface area contributed by atoms with Crippen LogP contribution in [0.25, 0.3) is 0 Å². The van der Waals surface area contributed by atoms with Crippen molar-refractivity contribution in [3.8, 4) is 0 Å². The van der Waals surface area contributed by atoms with Gasteiger partial charge < -0.3 is 14.8 Å². The van der Waals surface area contributed by atoms with Gasteiger partial charge in [0, 0.05) is 6.54 Å². The van der Waals surface area contributed by atoms with Gasteiger partial charge in [-0.15, -0.1) is 0 Å². The molecule has 0 heterocycles. The van der Waals surface area contributed by atoms with Crippen molar-refractivity contribution in [1.29, 1.82) is 0 Å². The summed E-state index contributed by atoms with van der Waals surface area (Å²) >= 11 is 0. The lowest BCUT2D eigenvalue weighted by molar-refractivity contribution is -0.143. The third kappa shape index (κ3) is 6.30. The van der Waals surface area contributed by atoms with Crippen LogP contribution in [0.4, 0.5) is 4.79 Å². The van der Waals surface area contributed by atoms with E-state index in [1.54, 1.807) is 0 Å². The molecule has 23 heavy (non-hydrogen) atoms. The fraction of sp³-hybridized carbons (Fsp3) is 0.556. The summed E-state index contributed by atoms with van der Waals surface area (Å²) in [7, 11) is 1.40. The lowest BCUT2D eigenvalue weighted by Gasteiger charge is -2.20. The molecule has 0 saturated heterocycles. The van der Waals surface area contributed by atoms with Crippen molar-refractivity contribution in [2.75, 3.05) is 7.11 Å². The van der Waals surface area contributed by atoms with E-state index in [2.05, 4.69) is 5.32 Å². The number of hydrogen-bond donors (Lipinski definition) is 1. The maximum atomic E-state index is 11.9. The van der Waals surface area contributed by atoms with E-state index in [-0.39, 0.29) is 17.8 Å². The van der Waals surface area contributed by atoms with Gasteiger partial charge in [0.05, 0.1) is 13.0 Å². The van der Waals surface area contributed by atoms with Gasteiger partial charge in [0.2, 0.25) is 0 Å². The highest BCUT2D eigenvalue weighted by Gasteiger charge is 2.24. The highest BCUT2D eigenvalue weighted by molar-refractivity contribution is 5.78. The molecule has 5 heteroatoms. The van der Waals surface area contributed by atoms with Crippen LogP contribution in [0.15, 0.2) is 24.3 Å². The minimum Gasteiger partial charge on any atom is -0.469 e. The number of hydrogen-bond acceptors (Lipinski definition) is 4. The predicted octanol–water partition coefficient (Wildman–Crippen LogP) is 3.62. The largest absolute Gasteiger partial charge is 0.469 e. The minimum atomic E-state index is -0.515. The van der Waals surface area contributed by atoms with Crippen LogP contribution in [-0.2, 0) is 20.8 Å². The molecule has 1 unspecified atom stereocenters. The van der Waals surface area contributed by atoms with E-state index in [4.69, 9.17) is 9.47 Å². The lowest BCUT2D eigenvalue weighted by atomic mass is 9.88. The normalized spacial score (nSPS) is 12.7. The summed E-state index contributed by atoms with van der Waals surface area (Å²) in [5.74, 6) is -0.374. The maximum absolute atomic E-state index is 11.9. The third-order valence-electron chi connectivity index (χ3n) is 3.30. The average Bonchev–Trinajstić information content (AvgIpc) is 2.44. The minimum absolute atomic E-state index is 0.146. The first-order chi connectivity index (χ1) is 10.6. The van der Waals surface area contributed by atoms with Gasteiger partial charge in [-0.05, 0) is 37.8 Å². The number of carbonyl (C=O) groups excluding carboxylic acids is 2. The van der Waals surface area contributed by atoms with Gasteiger partial charge in [0.1, 0.15) is 5.60 Å². The van der Waals surface area contributed by atoms with Crippen molar-refractivity contribution in [3.63, 3.8) is 0 Å². The molecule has 1 N–H and O–H groups in total. The summed E-state index contributed by atoms with van der Waals surface area (Å²) < 4.78 is 10.1. The molecule has 0 aliphatic heterocycles. The van der Waals surface area contributed by atoms with Gasteiger partial charge in [-0.3, -0.25) is 4.79 Å². The average molecular weight is 321 g/mol. The first-order valence-corrected chi connectivity index (χ1v) is 7.77. The Morgan fingerprint density at radius 2 is 1.70 bits per heavy atom. The van der Waals surface area contributed by atoms with E-state index in [1.807, 2.05) is 58.9 Å². The molecular formula is C18H27NO4. The molecule has 1 aromatic carbocycles. The van der Waals surface area contributed by atoms with Crippen LogP contribution in [0, 0.1) is 5.92 Å². The van der Waals surface area contributed by atoms with Crippen molar-refractivity contribution in [3.05, 3.63) is 35.4 Å². The van der Waals surface area contributed by atoms with Crippen molar-refractivity contribution in [2.45, 2.75) is 52.7 Å². The maximum Gasteiger partial charge on any atom is 0.407 e. The fourth-order valence-corrected chi connectivity index (χ4v) is 2.25. The van der Waals surface area contributed by atoms with Crippen molar-refractivity contribution < 1.29 is 19.1 Å². The number of nitrogens with one attached hydrogen (secondary N) is 1. The van der Waals surface area contributed by atoms with Crippen molar-refractivity contribution in [2.24, 2.45) is 5.92 Å². The molecular weight excluding hydrogens is 294 g/mol. The Balaban J connectivity index is 2.69. The Labute approximate surface area is 138 Å². The molecule has 0 aromatic heterocycles. The number of ether oxygens (including phenoxy) is 2. The van der Waals surface area contributed by atoms with Crippen molar-refractivity contribution >= 4 is 12.1 Å². The number of carbonyl (C=O) groups is 2. The molecule has 0 bridgehead atoms. The van der Waals surface area contributed by atoms with E-state index in [1.165, 1.54) is 7.11 Å². The Bertz CT molecular complexity index is 529. The molecule has 0 aliphatic carbocycles. The molecule has 0 radical (unpaired) electrons. The van der Waals surface area contributed by atoms with Gasteiger partial charge in [-0.2, -0.15) is 0 Å². The Morgan fingerprint density at radius 3 is 2.13 bits per heavy atom. The molecule has 0 saturated carbocycles.